The molecule has 0 aliphatic carbocycles. The molecule has 2 aromatic rings. The second-order valence-corrected chi connectivity index (χ2v) is 4.65. The molecule has 1 N–H and O–H groups in total. The maximum Gasteiger partial charge on any atom is 0.319 e. The van der Waals surface area contributed by atoms with Gasteiger partial charge in [0.15, 0.2) is 0 Å². The zero-order valence-corrected chi connectivity index (χ0v) is 11.3. The van der Waals surface area contributed by atoms with Crippen molar-refractivity contribution in [2.45, 2.75) is 20.0 Å². The van der Waals surface area contributed by atoms with Crippen LogP contribution in [0.2, 0.25) is 0 Å². The van der Waals surface area contributed by atoms with Crippen molar-refractivity contribution >= 4 is 21.6 Å². The number of halogens is 3. The largest absolute Gasteiger partial charge is 0.378 e. The third-order valence-electron chi connectivity index (χ3n) is 2.66. The number of rotatable bonds is 4. The first kappa shape index (κ1) is 13.0. The Morgan fingerprint density at radius 2 is 2.22 bits per heavy atom. The molecule has 0 aliphatic rings. The zero-order chi connectivity index (χ0) is 13.1. The SMILES string of the molecule is Cc1c(Br)cccc1NCc1nccn1C(F)F. The topological polar surface area (TPSA) is 29.9 Å². The maximum atomic E-state index is 12.6. The number of hydrogen-bond donors (Lipinski definition) is 1. The average molecular weight is 316 g/mol. The molecule has 0 aliphatic heterocycles. The summed E-state index contributed by atoms with van der Waals surface area (Å²) in [6.07, 6.45) is 2.65. The van der Waals surface area contributed by atoms with Crippen LogP contribution >= 0.6 is 15.9 Å². The summed E-state index contributed by atoms with van der Waals surface area (Å²) in [5.74, 6) is 0.310. The van der Waals surface area contributed by atoms with Crippen molar-refractivity contribution in [3.63, 3.8) is 0 Å². The van der Waals surface area contributed by atoms with E-state index in [-0.39, 0.29) is 6.54 Å². The lowest BCUT2D eigenvalue weighted by Crippen LogP contribution is -2.09. The van der Waals surface area contributed by atoms with Crippen LogP contribution in [0.1, 0.15) is 17.9 Å². The third kappa shape index (κ3) is 2.69. The van der Waals surface area contributed by atoms with Gasteiger partial charge in [0.25, 0.3) is 0 Å². The molecule has 0 unspecified atom stereocenters. The highest BCUT2D eigenvalue weighted by Crippen LogP contribution is 2.24. The van der Waals surface area contributed by atoms with E-state index < -0.39 is 6.55 Å². The van der Waals surface area contributed by atoms with Crippen LogP contribution in [-0.4, -0.2) is 9.55 Å². The van der Waals surface area contributed by atoms with Gasteiger partial charge in [-0.1, -0.05) is 22.0 Å². The summed E-state index contributed by atoms with van der Waals surface area (Å²) in [4.78, 5) is 3.91. The van der Waals surface area contributed by atoms with Crippen molar-refractivity contribution in [1.82, 2.24) is 9.55 Å². The molecule has 18 heavy (non-hydrogen) atoms. The lowest BCUT2D eigenvalue weighted by atomic mass is 10.2. The summed E-state index contributed by atoms with van der Waals surface area (Å²) in [5, 5.41) is 3.10. The number of benzene rings is 1. The Hall–Kier alpha value is -1.43. The van der Waals surface area contributed by atoms with Gasteiger partial charge in [-0.15, -0.1) is 0 Å². The molecular weight excluding hydrogens is 304 g/mol. The second kappa shape index (κ2) is 5.48. The van der Waals surface area contributed by atoms with Crippen LogP contribution in [-0.2, 0) is 6.54 Å². The van der Waals surface area contributed by atoms with Gasteiger partial charge in [0.1, 0.15) is 5.82 Å². The Bertz CT molecular complexity index is 540. The van der Waals surface area contributed by atoms with Crippen molar-refractivity contribution in [2.75, 3.05) is 5.32 Å². The molecule has 0 saturated heterocycles. The molecule has 0 spiro atoms. The Morgan fingerprint density at radius 1 is 1.44 bits per heavy atom. The van der Waals surface area contributed by atoms with Crippen LogP contribution in [0.3, 0.4) is 0 Å². The van der Waals surface area contributed by atoms with Gasteiger partial charge >= 0.3 is 6.55 Å². The molecule has 1 aromatic heterocycles. The van der Waals surface area contributed by atoms with E-state index in [1.807, 2.05) is 25.1 Å². The fourth-order valence-corrected chi connectivity index (χ4v) is 2.00. The van der Waals surface area contributed by atoms with E-state index in [9.17, 15) is 8.78 Å². The maximum absolute atomic E-state index is 12.6. The smallest absolute Gasteiger partial charge is 0.319 e. The van der Waals surface area contributed by atoms with E-state index in [0.717, 1.165) is 20.3 Å². The molecule has 6 heteroatoms. The lowest BCUT2D eigenvalue weighted by Gasteiger charge is -2.11. The Balaban J connectivity index is 2.12. The molecule has 96 valence electrons. The van der Waals surface area contributed by atoms with Gasteiger partial charge in [-0.3, -0.25) is 4.57 Å². The first-order chi connectivity index (χ1) is 8.59. The quantitative estimate of drug-likeness (QED) is 0.925. The van der Waals surface area contributed by atoms with Crippen LogP contribution in [0.25, 0.3) is 0 Å². The van der Waals surface area contributed by atoms with Crippen molar-refractivity contribution in [1.29, 1.82) is 0 Å². The van der Waals surface area contributed by atoms with Crippen molar-refractivity contribution in [3.8, 4) is 0 Å². The molecule has 0 atom stereocenters. The summed E-state index contributed by atoms with van der Waals surface area (Å²) in [6.45, 7) is -0.353. The van der Waals surface area contributed by atoms with E-state index in [0.29, 0.717) is 5.82 Å². The molecule has 3 nitrogen and oxygen atoms in total. The Labute approximate surface area is 112 Å². The van der Waals surface area contributed by atoms with Gasteiger partial charge < -0.3 is 5.32 Å². The number of hydrogen-bond acceptors (Lipinski definition) is 2. The summed E-state index contributed by atoms with van der Waals surface area (Å²) >= 11 is 3.42. The van der Waals surface area contributed by atoms with Crippen LogP contribution in [0.15, 0.2) is 35.1 Å². The number of imidazole rings is 1. The fourth-order valence-electron chi connectivity index (χ4n) is 1.63. The predicted molar refractivity (Wildman–Crippen MR) is 69.7 cm³/mol. The van der Waals surface area contributed by atoms with E-state index in [1.54, 1.807) is 0 Å². The minimum absolute atomic E-state index is 0.259. The number of anilines is 1. The molecule has 2 rings (SSSR count). The van der Waals surface area contributed by atoms with Crippen LogP contribution in [0, 0.1) is 6.92 Å². The number of alkyl halides is 2. The van der Waals surface area contributed by atoms with Crippen LogP contribution in [0.4, 0.5) is 14.5 Å². The van der Waals surface area contributed by atoms with E-state index in [4.69, 9.17) is 0 Å². The van der Waals surface area contributed by atoms with Gasteiger partial charge in [-0.25, -0.2) is 4.98 Å². The minimum atomic E-state index is -2.56. The summed E-state index contributed by atoms with van der Waals surface area (Å²) in [6, 6.07) is 5.72. The van der Waals surface area contributed by atoms with Gasteiger partial charge in [0.05, 0.1) is 6.54 Å². The number of nitrogens with one attached hydrogen (secondary N) is 1. The average Bonchev–Trinajstić information content (AvgIpc) is 2.79. The molecular formula is C12H12BrF2N3. The predicted octanol–water partition coefficient (Wildman–Crippen LogP) is 3.96. The highest BCUT2D eigenvalue weighted by molar-refractivity contribution is 9.10. The standard InChI is InChI=1S/C12H12BrF2N3/c1-8-9(13)3-2-4-10(8)17-7-11-16-5-6-18(11)12(14)15/h2-6,12,17H,7H2,1H3. The molecule has 0 bridgehead atoms. The van der Waals surface area contributed by atoms with Crippen molar-refractivity contribution < 1.29 is 8.78 Å². The first-order valence-electron chi connectivity index (χ1n) is 5.38. The normalized spacial score (nSPS) is 10.9. The van der Waals surface area contributed by atoms with E-state index in [2.05, 4.69) is 26.2 Å². The molecule has 0 fully saturated rings. The van der Waals surface area contributed by atoms with Gasteiger partial charge in [-0.05, 0) is 24.6 Å². The third-order valence-corrected chi connectivity index (χ3v) is 3.52. The van der Waals surface area contributed by atoms with Crippen LogP contribution < -0.4 is 5.32 Å². The molecule has 0 saturated carbocycles. The monoisotopic (exact) mass is 315 g/mol. The zero-order valence-electron chi connectivity index (χ0n) is 9.70. The van der Waals surface area contributed by atoms with Crippen LogP contribution in [0.5, 0.6) is 0 Å². The summed E-state index contributed by atoms with van der Waals surface area (Å²) in [7, 11) is 0. The fraction of sp³-hybridized carbons (Fsp3) is 0.250. The summed E-state index contributed by atoms with van der Waals surface area (Å²) in [5.41, 5.74) is 1.93. The molecule has 1 heterocycles. The summed E-state index contributed by atoms with van der Waals surface area (Å²) < 4.78 is 27.1. The van der Waals surface area contributed by atoms with E-state index in [1.165, 1.54) is 12.4 Å². The van der Waals surface area contributed by atoms with Gasteiger partial charge in [-0.2, -0.15) is 8.78 Å². The first-order valence-corrected chi connectivity index (χ1v) is 6.17. The lowest BCUT2D eigenvalue weighted by molar-refractivity contribution is 0.0673. The number of aromatic nitrogens is 2. The van der Waals surface area contributed by atoms with Gasteiger partial charge in [0, 0.05) is 22.6 Å². The Kier molecular flexibility index (Phi) is 3.96. The molecule has 0 amide bonds. The Morgan fingerprint density at radius 3 is 2.94 bits per heavy atom. The molecule has 0 radical (unpaired) electrons. The number of nitrogens with zero attached hydrogens (tertiary/aromatic N) is 2. The van der Waals surface area contributed by atoms with Crippen molar-refractivity contribution in [2.24, 2.45) is 0 Å². The van der Waals surface area contributed by atoms with E-state index >= 15 is 0 Å². The minimum Gasteiger partial charge on any atom is -0.378 e. The highest BCUT2D eigenvalue weighted by Gasteiger charge is 2.11. The highest BCUT2D eigenvalue weighted by atomic mass is 79.9. The van der Waals surface area contributed by atoms with Crippen molar-refractivity contribution in [3.05, 3.63) is 46.5 Å². The second-order valence-electron chi connectivity index (χ2n) is 3.79. The van der Waals surface area contributed by atoms with Gasteiger partial charge in [0.2, 0.25) is 0 Å². The molecule has 1 aromatic carbocycles.